The lowest BCUT2D eigenvalue weighted by molar-refractivity contribution is -0.310. The zero-order valence-electron chi connectivity index (χ0n) is 11.7. The molecule has 2 aromatic rings. The minimum Gasteiger partial charge on any atom is -0.548 e. The van der Waals surface area contributed by atoms with Gasteiger partial charge in [0.05, 0.1) is 23.7 Å². The van der Waals surface area contributed by atoms with E-state index >= 15 is 0 Å². The van der Waals surface area contributed by atoms with Gasteiger partial charge in [-0.05, 0) is 17.5 Å². The first kappa shape index (κ1) is 15.8. The summed E-state index contributed by atoms with van der Waals surface area (Å²) in [7, 11) is -4.05. The highest BCUT2D eigenvalue weighted by atomic mass is 32.2. The van der Waals surface area contributed by atoms with Crippen molar-refractivity contribution in [2.45, 2.75) is 31.7 Å². The number of nitrogens with zero attached hydrogens (tertiary/aromatic N) is 2. The summed E-state index contributed by atoms with van der Waals surface area (Å²) in [6, 6.07) is 3.17. The van der Waals surface area contributed by atoms with Crippen LogP contribution in [0.4, 0.5) is 0 Å². The van der Waals surface area contributed by atoms with Crippen LogP contribution in [0.15, 0.2) is 23.1 Å². The first-order valence-corrected chi connectivity index (χ1v) is 8.29. The normalized spacial score (nSPS) is 14.2. The molecular weight excluding hydrogens is 314 g/mol. The maximum atomic E-state index is 12.4. The van der Waals surface area contributed by atoms with Gasteiger partial charge in [0.25, 0.3) is 0 Å². The van der Waals surface area contributed by atoms with Crippen LogP contribution >= 0.6 is 11.7 Å². The SMILES string of the molecule is CC(C)(C)[C@@H](NS(=O)(=O)c1cccc2nsnc12)C(=O)[O-]. The molecule has 0 fully saturated rings. The number of carboxylic acids is 1. The Morgan fingerprint density at radius 3 is 2.57 bits per heavy atom. The van der Waals surface area contributed by atoms with Crippen molar-refractivity contribution in [1.82, 2.24) is 13.5 Å². The number of carbonyl (C=O) groups is 1. The Morgan fingerprint density at radius 2 is 2.00 bits per heavy atom. The lowest BCUT2D eigenvalue weighted by Crippen LogP contribution is -2.54. The molecule has 1 N–H and O–H groups in total. The number of hydrogen-bond acceptors (Lipinski definition) is 7. The van der Waals surface area contributed by atoms with Gasteiger partial charge in [-0.1, -0.05) is 26.8 Å². The number of fused-ring (bicyclic) bond motifs is 1. The van der Waals surface area contributed by atoms with E-state index in [1.165, 1.54) is 12.1 Å². The second-order valence-electron chi connectivity index (χ2n) is 5.63. The smallest absolute Gasteiger partial charge is 0.243 e. The molecule has 0 aliphatic carbocycles. The zero-order valence-corrected chi connectivity index (χ0v) is 13.3. The van der Waals surface area contributed by atoms with Crippen molar-refractivity contribution in [3.8, 4) is 0 Å². The Balaban J connectivity index is 2.47. The number of carbonyl (C=O) groups excluding carboxylic acids is 1. The van der Waals surface area contributed by atoms with Crippen LogP contribution in [0.1, 0.15) is 20.8 Å². The maximum absolute atomic E-state index is 12.4. The van der Waals surface area contributed by atoms with Crippen molar-refractivity contribution in [3.63, 3.8) is 0 Å². The molecule has 0 spiro atoms. The van der Waals surface area contributed by atoms with Gasteiger partial charge in [0.1, 0.15) is 15.9 Å². The molecule has 1 aromatic carbocycles. The lowest BCUT2D eigenvalue weighted by Gasteiger charge is -2.31. The summed E-state index contributed by atoms with van der Waals surface area (Å²) in [5, 5.41) is 11.2. The first-order chi connectivity index (χ1) is 9.63. The van der Waals surface area contributed by atoms with Gasteiger partial charge >= 0.3 is 0 Å². The molecule has 0 saturated heterocycles. The van der Waals surface area contributed by atoms with Crippen LogP contribution in [0.3, 0.4) is 0 Å². The predicted molar refractivity (Wildman–Crippen MR) is 76.0 cm³/mol. The highest BCUT2D eigenvalue weighted by Crippen LogP contribution is 2.24. The average Bonchev–Trinajstić information content (AvgIpc) is 2.82. The molecule has 1 aromatic heterocycles. The second kappa shape index (κ2) is 5.32. The van der Waals surface area contributed by atoms with E-state index in [2.05, 4.69) is 13.5 Å². The van der Waals surface area contributed by atoms with Crippen molar-refractivity contribution in [1.29, 1.82) is 0 Å². The first-order valence-electron chi connectivity index (χ1n) is 6.07. The molecule has 0 radical (unpaired) electrons. The fraction of sp³-hybridized carbons (Fsp3) is 0.417. The number of hydrogen-bond donors (Lipinski definition) is 1. The molecule has 0 aliphatic rings. The number of rotatable bonds is 4. The summed E-state index contributed by atoms with van der Waals surface area (Å²) in [5.41, 5.74) is -0.162. The van der Waals surface area contributed by atoms with Gasteiger partial charge in [0.2, 0.25) is 10.0 Å². The van der Waals surface area contributed by atoms with Gasteiger partial charge in [-0.25, -0.2) is 13.1 Å². The molecule has 0 bridgehead atoms. The van der Waals surface area contributed by atoms with E-state index in [1.807, 2.05) is 0 Å². The van der Waals surface area contributed by atoms with E-state index in [1.54, 1.807) is 26.8 Å². The fourth-order valence-electron chi connectivity index (χ4n) is 1.80. The Labute approximate surface area is 126 Å². The number of carboxylic acid groups (broad SMARTS) is 1. The molecule has 0 saturated carbocycles. The molecule has 114 valence electrons. The number of nitrogens with one attached hydrogen (secondary N) is 1. The molecule has 1 atom stereocenters. The molecule has 7 nitrogen and oxygen atoms in total. The van der Waals surface area contributed by atoms with E-state index in [-0.39, 0.29) is 10.4 Å². The molecule has 0 aliphatic heterocycles. The van der Waals surface area contributed by atoms with Crippen LogP contribution in [-0.2, 0) is 14.8 Å². The number of aliphatic carboxylic acids is 1. The van der Waals surface area contributed by atoms with E-state index in [0.717, 1.165) is 11.7 Å². The molecule has 0 unspecified atom stereocenters. The minimum atomic E-state index is -4.05. The highest BCUT2D eigenvalue weighted by molar-refractivity contribution is 7.89. The largest absolute Gasteiger partial charge is 0.548 e. The average molecular weight is 328 g/mol. The van der Waals surface area contributed by atoms with E-state index in [0.29, 0.717) is 5.52 Å². The zero-order chi connectivity index (χ0) is 15.8. The van der Waals surface area contributed by atoms with Crippen LogP contribution < -0.4 is 9.83 Å². The highest BCUT2D eigenvalue weighted by Gasteiger charge is 2.31. The van der Waals surface area contributed by atoms with Gasteiger partial charge in [0, 0.05) is 0 Å². The van der Waals surface area contributed by atoms with Gasteiger partial charge in [-0.15, -0.1) is 0 Å². The molecule has 21 heavy (non-hydrogen) atoms. The molecular formula is C12H14N3O4S2-. The van der Waals surface area contributed by atoms with Crippen LogP contribution in [0.5, 0.6) is 0 Å². The van der Waals surface area contributed by atoms with Gasteiger partial charge in [-0.3, -0.25) is 0 Å². The second-order valence-corrected chi connectivity index (χ2v) is 7.84. The van der Waals surface area contributed by atoms with Crippen LogP contribution in [0.2, 0.25) is 0 Å². The maximum Gasteiger partial charge on any atom is 0.243 e. The van der Waals surface area contributed by atoms with E-state index in [9.17, 15) is 18.3 Å². The summed E-state index contributed by atoms with van der Waals surface area (Å²) in [4.78, 5) is 11.1. The molecule has 2 rings (SSSR count). The van der Waals surface area contributed by atoms with Crippen LogP contribution in [-0.4, -0.2) is 29.2 Å². The Kier molecular flexibility index (Phi) is 4.00. The van der Waals surface area contributed by atoms with Crippen molar-refractivity contribution in [2.24, 2.45) is 5.41 Å². The lowest BCUT2D eigenvalue weighted by atomic mass is 9.88. The Hall–Kier alpha value is -1.58. The summed E-state index contributed by atoms with van der Waals surface area (Å²) in [6.45, 7) is 4.84. The van der Waals surface area contributed by atoms with Crippen LogP contribution in [0, 0.1) is 5.41 Å². The van der Waals surface area contributed by atoms with Crippen LogP contribution in [0.25, 0.3) is 11.0 Å². The van der Waals surface area contributed by atoms with Gasteiger partial charge in [-0.2, -0.15) is 8.75 Å². The number of aromatic nitrogens is 2. The summed E-state index contributed by atoms with van der Waals surface area (Å²) in [6.07, 6.45) is 0. The van der Waals surface area contributed by atoms with E-state index < -0.39 is 27.4 Å². The summed E-state index contributed by atoms with van der Waals surface area (Å²) < 4.78 is 35.0. The van der Waals surface area contributed by atoms with Crippen molar-refractivity contribution < 1.29 is 18.3 Å². The topological polar surface area (TPSA) is 112 Å². The third kappa shape index (κ3) is 3.20. The van der Waals surface area contributed by atoms with Crippen molar-refractivity contribution >= 4 is 38.8 Å². The fourth-order valence-corrected chi connectivity index (χ4v) is 3.95. The Morgan fingerprint density at radius 1 is 1.33 bits per heavy atom. The monoisotopic (exact) mass is 328 g/mol. The Bertz CT molecular complexity index is 777. The van der Waals surface area contributed by atoms with Crippen molar-refractivity contribution in [3.05, 3.63) is 18.2 Å². The molecule has 0 amide bonds. The van der Waals surface area contributed by atoms with Crippen molar-refractivity contribution in [2.75, 3.05) is 0 Å². The number of sulfonamides is 1. The quantitative estimate of drug-likeness (QED) is 0.854. The third-order valence-electron chi connectivity index (χ3n) is 2.91. The predicted octanol–water partition coefficient (Wildman–Crippen LogP) is 0.134. The molecule has 1 heterocycles. The summed E-state index contributed by atoms with van der Waals surface area (Å²) in [5.74, 6) is -1.48. The standard InChI is InChI=1S/C12H15N3O4S2/c1-12(2,3)10(11(16)17)15-21(18,19)8-6-4-5-7-9(8)14-20-13-7/h4-6,10,15H,1-3H3,(H,16,17)/p-1/t10-/m0/s1. The summed E-state index contributed by atoms with van der Waals surface area (Å²) >= 11 is 0.893. The third-order valence-corrected chi connectivity index (χ3v) is 4.91. The van der Waals surface area contributed by atoms with E-state index in [4.69, 9.17) is 0 Å². The number of benzene rings is 1. The van der Waals surface area contributed by atoms with Gasteiger partial charge in [0.15, 0.2) is 0 Å². The molecule has 9 heteroatoms. The van der Waals surface area contributed by atoms with Gasteiger partial charge < -0.3 is 9.90 Å². The minimum absolute atomic E-state index is 0.0933.